The summed E-state index contributed by atoms with van der Waals surface area (Å²) in [7, 11) is 0. The van der Waals surface area contributed by atoms with Crippen molar-refractivity contribution >= 4 is 50.9 Å². The average Bonchev–Trinajstić information content (AvgIpc) is 2.95. The highest BCUT2D eigenvalue weighted by molar-refractivity contribution is 9.10. The molecule has 0 radical (unpaired) electrons. The summed E-state index contributed by atoms with van der Waals surface area (Å²) in [4.78, 5) is 36.8. The van der Waals surface area contributed by atoms with Crippen LogP contribution in [0.4, 0.5) is 4.79 Å². The maximum atomic E-state index is 12.7. The number of halogens is 1. The van der Waals surface area contributed by atoms with Gasteiger partial charge in [0.2, 0.25) is 0 Å². The van der Waals surface area contributed by atoms with Crippen LogP contribution in [0.3, 0.4) is 0 Å². The number of imide groups is 1. The van der Waals surface area contributed by atoms with E-state index in [0.29, 0.717) is 26.9 Å². The van der Waals surface area contributed by atoms with E-state index < -0.39 is 23.7 Å². The van der Waals surface area contributed by atoms with E-state index in [9.17, 15) is 24.8 Å². The topological polar surface area (TPSA) is 111 Å². The molecule has 0 bridgehead atoms. The smallest absolute Gasteiger partial charge is 0.293 e. The van der Waals surface area contributed by atoms with E-state index >= 15 is 0 Å². The second kappa shape index (κ2) is 8.94. The second-order valence-corrected chi connectivity index (χ2v) is 7.73. The van der Waals surface area contributed by atoms with Gasteiger partial charge < -0.3 is 14.6 Å². The van der Waals surface area contributed by atoms with Gasteiger partial charge in [-0.2, -0.15) is 5.26 Å². The van der Waals surface area contributed by atoms with Crippen LogP contribution in [0.5, 0.6) is 5.75 Å². The molecule has 1 saturated heterocycles. The number of hydrogen-bond acceptors (Lipinski definition) is 7. The molecule has 2 aromatic rings. The maximum absolute atomic E-state index is 12.7. The van der Waals surface area contributed by atoms with Crippen molar-refractivity contribution in [1.82, 2.24) is 4.90 Å². The number of benzene rings is 2. The molecule has 3 rings (SSSR count). The van der Waals surface area contributed by atoms with Gasteiger partial charge in [-0.25, -0.2) is 0 Å². The molecule has 1 aliphatic heterocycles. The van der Waals surface area contributed by atoms with E-state index in [1.165, 1.54) is 0 Å². The van der Waals surface area contributed by atoms with Crippen molar-refractivity contribution in [2.24, 2.45) is 0 Å². The number of carbonyl (C=O) groups excluding carboxylic acids is 3. The van der Waals surface area contributed by atoms with E-state index in [1.54, 1.807) is 48.5 Å². The van der Waals surface area contributed by atoms with Crippen LogP contribution in [0.1, 0.15) is 16.7 Å². The van der Waals surface area contributed by atoms with Crippen LogP contribution in [0.2, 0.25) is 0 Å². The van der Waals surface area contributed by atoms with E-state index in [0.717, 1.165) is 16.7 Å². The van der Waals surface area contributed by atoms with Crippen LogP contribution in [0.15, 0.2) is 51.8 Å². The summed E-state index contributed by atoms with van der Waals surface area (Å²) in [5.74, 6) is -1.47. The number of rotatable bonds is 6. The molecule has 29 heavy (non-hydrogen) atoms. The standard InChI is InChI=1S/C20H13BrN2O5S/c21-15-7-12(5-6-16(15)28-11-18(24)25)8-17-19(26)23(20(27)29-17)10-14-4-2-1-3-13(14)9-22/h1-8H,10-11H2,(H,24,25)/p-1/b17-8+. The number of carbonyl (C=O) groups is 3. The Kier molecular flexibility index (Phi) is 6.36. The van der Waals surface area contributed by atoms with Gasteiger partial charge in [-0.1, -0.05) is 24.3 Å². The number of hydrogen-bond donors (Lipinski definition) is 0. The SMILES string of the molecule is N#Cc1ccccc1CN1C(=O)S/C(=C/c2ccc(OCC(=O)[O-])c(Br)c2)C1=O. The number of nitriles is 1. The molecule has 9 heteroatoms. The summed E-state index contributed by atoms with van der Waals surface area (Å²) in [6.07, 6.45) is 1.56. The monoisotopic (exact) mass is 471 g/mol. The fraction of sp³-hybridized carbons (Fsp3) is 0.100. The molecule has 146 valence electrons. The van der Waals surface area contributed by atoms with Crippen LogP contribution < -0.4 is 9.84 Å². The summed E-state index contributed by atoms with van der Waals surface area (Å²) in [6, 6.07) is 13.7. The predicted octanol–water partition coefficient (Wildman–Crippen LogP) is 2.69. The first-order chi connectivity index (χ1) is 13.9. The third-order valence-electron chi connectivity index (χ3n) is 3.94. The summed E-state index contributed by atoms with van der Waals surface area (Å²) in [6.45, 7) is -0.563. The number of amides is 2. The zero-order valence-electron chi connectivity index (χ0n) is 14.8. The lowest BCUT2D eigenvalue weighted by atomic mass is 10.1. The van der Waals surface area contributed by atoms with Crippen LogP contribution in [-0.4, -0.2) is 28.6 Å². The molecule has 0 unspecified atom stereocenters. The minimum absolute atomic E-state index is 0.0193. The Labute approximate surface area is 178 Å². The lowest BCUT2D eigenvalue weighted by molar-refractivity contribution is -0.307. The van der Waals surface area contributed by atoms with Crippen molar-refractivity contribution in [2.75, 3.05) is 6.61 Å². The lowest BCUT2D eigenvalue weighted by Gasteiger charge is -2.13. The van der Waals surface area contributed by atoms with Gasteiger partial charge in [-0.15, -0.1) is 0 Å². The van der Waals surface area contributed by atoms with Crippen LogP contribution in [0.25, 0.3) is 6.08 Å². The summed E-state index contributed by atoms with van der Waals surface area (Å²) < 4.78 is 5.57. The Morgan fingerprint density at radius 3 is 2.72 bits per heavy atom. The number of aliphatic carboxylic acids is 1. The lowest BCUT2D eigenvalue weighted by Crippen LogP contribution is -2.29. The minimum atomic E-state index is -1.34. The van der Waals surface area contributed by atoms with Crippen LogP contribution in [0, 0.1) is 11.3 Å². The van der Waals surface area contributed by atoms with E-state index in [4.69, 9.17) is 4.74 Å². The van der Waals surface area contributed by atoms with E-state index in [-0.39, 0.29) is 11.4 Å². The highest BCUT2D eigenvalue weighted by Gasteiger charge is 2.35. The van der Waals surface area contributed by atoms with Gasteiger partial charge in [0.25, 0.3) is 11.1 Å². The number of nitrogens with zero attached hydrogens (tertiary/aromatic N) is 2. The zero-order valence-corrected chi connectivity index (χ0v) is 17.2. The molecule has 7 nitrogen and oxygen atoms in total. The van der Waals surface area contributed by atoms with Gasteiger partial charge in [0.05, 0.1) is 33.5 Å². The number of carboxylic acids is 1. The molecule has 1 fully saturated rings. The highest BCUT2D eigenvalue weighted by Crippen LogP contribution is 2.35. The van der Waals surface area contributed by atoms with Gasteiger partial charge in [0.15, 0.2) is 0 Å². The Bertz CT molecular complexity index is 1080. The van der Waals surface area contributed by atoms with E-state index in [1.807, 2.05) is 0 Å². The average molecular weight is 472 g/mol. The van der Waals surface area contributed by atoms with Crippen molar-refractivity contribution in [3.8, 4) is 11.8 Å². The zero-order chi connectivity index (χ0) is 21.0. The minimum Gasteiger partial charge on any atom is -0.546 e. The molecule has 1 aliphatic rings. The molecule has 1 heterocycles. The van der Waals surface area contributed by atoms with Crippen molar-refractivity contribution < 1.29 is 24.2 Å². The van der Waals surface area contributed by atoms with Gasteiger partial charge in [0.1, 0.15) is 12.4 Å². The quantitative estimate of drug-likeness (QED) is 0.595. The number of thioether (sulfide) groups is 1. The number of carboxylic acid groups (broad SMARTS) is 1. The van der Waals surface area contributed by atoms with Gasteiger partial charge >= 0.3 is 0 Å². The van der Waals surface area contributed by atoms with Gasteiger partial charge in [-0.05, 0) is 63.1 Å². The Balaban J connectivity index is 1.78. The first kappa shape index (κ1) is 20.6. The normalized spacial score (nSPS) is 14.9. The summed E-state index contributed by atoms with van der Waals surface area (Å²) in [5.41, 5.74) is 1.63. The van der Waals surface area contributed by atoms with Crippen molar-refractivity contribution in [3.63, 3.8) is 0 Å². The second-order valence-electron chi connectivity index (χ2n) is 5.89. The molecule has 0 saturated carbocycles. The molecule has 0 aromatic heterocycles. The Morgan fingerprint density at radius 2 is 2.03 bits per heavy atom. The first-order valence-corrected chi connectivity index (χ1v) is 9.85. The largest absolute Gasteiger partial charge is 0.546 e. The maximum Gasteiger partial charge on any atom is 0.293 e. The van der Waals surface area contributed by atoms with Crippen LogP contribution in [-0.2, 0) is 16.1 Å². The molecular weight excluding hydrogens is 460 g/mol. The fourth-order valence-corrected chi connectivity index (χ4v) is 3.94. The third kappa shape index (κ3) is 4.85. The van der Waals surface area contributed by atoms with Crippen molar-refractivity contribution in [3.05, 3.63) is 68.5 Å². The molecule has 2 aromatic carbocycles. The fourth-order valence-electron chi connectivity index (χ4n) is 2.59. The predicted molar refractivity (Wildman–Crippen MR) is 107 cm³/mol. The highest BCUT2D eigenvalue weighted by atomic mass is 79.9. The number of ether oxygens (including phenoxy) is 1. The first-order valence-electron chi connectivity index (χ1n) is 8.24. The Morgan fingerprint density at radius 1 is 1.28 bits per heavy atom. The van der Waals surface area contributed by atoms with Gasteiger partial charge in [0, 0.05) is 0 Å². The molecule has 0 spiro atoms. The van der Waals surface area contributed by atoms with E-state index in [2.05, 4.69) is 22.0 Å². The molecule has 0 atom stereocenters. The molecular formula is C20H12BrN2O5S-. The summed E-state index contributed by atoms with van der Waals surface area (Å²) in [5, 5.41) is 19.3. The molecule has 0 N–H and O–H groups in total. The Hall–Kier alpha value is -3.09. The van der Waals surface area contributed by atoms with Crippen molar-refractivity contribution in [1.29, 1.82) is 5.26 Å². The molecule has 2 amide bonds. The summed E-state index contributed by atoms with van der Waals surface area (Å²) >= 11 is 4.09. The third-order valence-corrected chi connectivity index (χ3v) is 5.47. The molecule has 0 aliphatic carbocycles. The van der Waals surface area contributed by atoms with Crippen molar-refractivity contribution in [2.45, 2.75) is 6.54 Å². The van der Waals surface area contributed by atoms with Crippen LogP contribution >= 0.6 is 27.7 Å². The van der Waals surface area contributed by atoms with Gasteiger partial charge in [-0.3, -0.25) is 14.5 Å².